The molecule has 10 aromatic rings. The molecule has 0 bridgehead atoms. The number of amidine groups is 1. The molecule has 0 aliphatic carbocycles. The van der Waals surface area contributed by atoms with E-state index in [1.54, 1.807) is 0 Å². The Morgan fingerprint density at radius 2 is 1.09 bits per heavy atom. The topological polar surface area (TPSA) is 70.1 Å². The summed E-state index contributed by atoms with van der Waals surface area (Å²) in [5.41, 5.74) is 12.6. The molecule has 0 saturated carbocycles. The lowest BCUT2D eigenvalue weighted by atomic mass is 10.0. The van der Waals surface area contributed by atoms with Crippen LogP contribution in [0.1, 0.15) is 34.6 Å². The second kappa shape index (κ2) is 13.8. The molecule has 0 fully saturated rings. The van der Waals surface area contributed by atoms with Crippen LogP contribution in [0.5, 0.6) is 0 Å². The molecule has 2 unspecified atom stereocenters. The summed E-state index contributed by atoms with van der Waals surface area (Å²) in [6, 6.07) is 70.5. The highest BCUT2D eigenvalue weighted by molar-refractivity contribution is 6.12. The summed E-state index contributed by atoms with van der Waals surface area (Å²) in [6.07, 6.45) is -0.494. The summed E-state index contributed by atoms with van der Waals surface area (Å²) in [7, 11) is 0. The van der Waals surface area contributed by atoms with Gasteiger partial charge in [-0.3, -0.25) is 5.32 Å². The monoisotopic (exact) mass is 744 g/mol. The van der Waals surface area contributed by atoms with Crippen molar-refractivity contribution >= 4 is 49.4 Å². The van der Waals surface area contributed by atoms with Gasteiger partial charge in [-0.1, -0.05) is 146 Å². The second-order valence-corrected chi connectivity index (χ2v) is 14.8. The first-order chi connectivity index (χ1) is 28.7. The van der Waals surface area contributed by atoms with Crippen LogP contribution in [0.2, 0.25) is 0 Å². The number of nitrogens with zero attached hydrogens (tertiary/aromatic N) is 4. The molecule has 11 rings (SSSR count). The molecule has 3 heterocycles. The molecule has 0 amide bonds. The third-order valence-electron chi connectivity index (χ3n) is 11.4. The number of para-hydroxylation sites is 3. The first kappa shape index (κ1) is 33.6. The first-order valence-electron chi connectivity index (χ1n) is 19.6. The van der Waals surface area contributed by atoms with Gasteiger partial charge in [0, 0.05) is 38.4 Å². The zero-order valence-corrected chi connectivity index (χ0v) is 31.4. The lowest BCUT2D eigenvalue weighted by Gasteiger charge is -2.33. The molecular formula is C52H36N6. The van der Waals surface area contributed by atoms with Gasteiger partial charge in [-0.25, -0.2) is 4.99 Å². The average molecular weight is 745 g/mol. The Bertz CT molecular complexity index is 3260. The third-order valence-corrected chi connectivity index (χ3v) is 11.4. The normalized spacial score (nSPS) is 15.4. The summed E-state index contributed by atoms with van der Waals surface area (Å²) in [5.74, 6) is 0.850. The van der Waals surface area contributed by atoms with Crippen LogP contribution in [0.15, 0.2) is 199 Å². The van der Waals surface area contributed by atoms with Gasteiger partial charge in [0.15, 0.2) is 0 Å². The van der Waals surface area contributed by atoms with Gasteiger partial charge < -0.3 is 14.5 Å². The minimum absolute atomic E-state index is 0.153. The van der Waals surface area contributed by atoms with Crippen LogP contribution in [0.3, 0.4) is 0 Å². The number of benzene rings is 8. The Morgan fingerprint density at radius 1 is 0.483 bits per heavy atom. The zero-order chi connectivity index (χ0) is 38.6. The van der Waals surface area contributed by atoms with Crippen molar-refractivity contribution in [1.29, 1.82) is 5.26 Å². The fourth-order valence-electron chi connectivity index (χ4n) is 8.75. The summed E-state index contributed by atoms with van der Waals surface area (Å²) in [4.78, 5) is 5.36. The molecule has 1 aliphatic rings. The van der Waals surface area contributed by atoms with Gasteiger partial charge in [-0.05, 0) is 65.2 Å². The van der Waals surface area contributed by atoms with Crippen LogP contribution in [0, 0.1) is 11.3 Å². The number of fused-ring (bicyclic) bond motifs is 6. The molecule has 58 heavy (non-hydrogen) atoms. The van der Waals surface area contributed by atoms with E-state index in [0.29, 0.717) is 5.56 Å². The maximum absolute atomic E-state index is 9.65. The van der Waals surface area contributed by atoms with Gasteiger partial charge >= 0.3 is 0 Å². The fourth-order valence-corrected chi connectivity index (χ4v) is 8.75. The van der Waals surface area contributed by atoms with Gasteiger partial charge in [0.1, 0.15) is 18.2 Å². The summed E-state index contributed by atoms with van der Waals surface area (Å²) < 4.78 is 4.79. The van der Waals surface area contributed by atoms with Gasteiger partial charge in [-0.15, -0.1) is 0 Å². The Hall–Kier alpha value is -7.72. The summed E-state index contributed by atoms with van der Waals surface area (Å²) in [6.45, 7) is 0. The van der Waals surface area contributed by atoms with E-state index in [0.717, 1.165) is 67.1 Å². The molecule has 0 saturated heterocycles. The van der Waals surface area contributed by atoms with E-state index >= 15 is 0 Å². The number of rotatable bonds is 6. The van der Waals surface area contributed by atoms with Crippen molar-refractivity contribution in [2.45, 2.75) is 12.3 Å². The fraction of sp³-hybridized carbons (Fsp3) is 0.0385. The maximum atomic E-state index is 9.65. The number of hydrogen-bond acceptors (Lipinski definition) is 4. The van der Waals surface area contributed by atoms with Crippen molar-refractivity contribution in [1.82, 2.24) is 19.8 Å². The Morgan fingerprint density at radius 3 is 1.86 bits per heavy atom. The van der Waals surface area contributed by atoms with Crippen molar-refractivity contribution in [3.05, 3.63) is 216 Å². The van der Waals surface area contributed by atoms with Gasteiger partial charge in [0.05, 0.1) is 39.4 Å². The molecule has 6 heteroatoms. The molecule has 1 aliphatic heterocycles. The molecule has 0 spiro atoms. The van der Waals surface area contributed by atoms with Gasteiger partial charge in [0.25, 0.3) is 0 Å². The van der Waals surface area contributed by atoms with Gasteiger partial charge in [0.2, 0.25) is 0 Å². The SMILES string of the molecule is N#Cc1cccc(-c2ccc3c4ccccc4n(-c4ccc5c6ccccc6n(-c6ccccc6C6N=C(c7ccccc7)NC(c7ccccc7)N6)c5c4)c3c2)c1. The zero-order valence-electron chi connectivity index (χ0n) is 31.4. The van der Waals surface area contributed by atoms with Crippen molar-refractivity contribution in [2.24, 2.45) is 4.99 Å². The van der Waals surface area contributed by atoms with E-state index < -0.39 is 0 Å². The number of hydrogen-bond donors (Lipinski definition) is 2. The predicted molar refractivity (Wildman–Crippen MR) is 236 cm³/mol. The highest BCUT2D eigenvalue weighted by Crippen LogP contribution is 2.40. The minimum Gasteiger partial charge on any atom is -0.350 e. The average Bonchev–Trinajstić information content (AvgIpc) is 3.81. The smallest absolute Gasteiger partial charge is 0.131 e. The first-order valence-corrected chi connectivity index (χ1v) is 19.6. The quantitative estimate of drug-likeness (QED) is 0.178. The van der Waals surface area contributed by atoms with Gasteiger partial charge in [-0.2, -0.15) is 5.26 Å². The van der Waals surface area contributed by atoms with Crippen molar-refractivity contribution in [3.8, 4) is 28.6 Å². The van der Waals surface area contributed by atoms with Crippen molar-refractivity contribution in [3.63, 3.8) is 0 Å². The molecule has 8 aromatic carbocycles. The number of aromatic nitrogens is 2. The Kier molecular flexibility index (Phi) is 7.99. The highest BCUT2D eigenvalue weighted by atomic mass is 15.3. The molecule has 2 N–H and O–H groups in total. The highest BCUT2D eigenvalue weighted by Gasteiger charge is 2.28. The largest absolute Gasteiger partial charge is 0.350 e. The molecule has 274 valence electrons. The lowest BCUT2D eigenvalue weighted by Crippen LogP contribution is -2.45. The van der Waals surface area contributed by atoms with Crippen molar-refractivity contribution in [2.75, 3.05) is 0 Å². The minimum atomic E-state index is -0.340. The van der Waals surface area contributed by atoms with E-state index in [1.807, 2.05) is 24.3 Å². The number of nitriles is 1. The van der Waals surface area contributed by atoms with Crippen molar-refractivity contribution < 1.29 is 0 Å². The maximum Gasteiger partial charge on any atom is 0.131 e. The Balaban J connectivity index is 1.12. The van der Waals surface area contributed by atoms with E-state index in [4.69, 9.17) is 4.99 Å². The van der Waals surface area contributed by atoms with E-state index in [2.05, 4.69) is 196 Å². The summed E-state index contributed by atoms with van der Waals surface area (Å²) >= 11 is 0. The van der Waals surface area contributed by atoms with Crippen LogP contribution >= 0.6 is 0 Å². The van der Waals surface area contributed by atoms with Crippen LogP contribution < -0.4 is 10.6 Å². The lowest BCUT2D eigenvalue weighted by molar-refractivity contribution is 0.408. The van der Waals surface area contributed by atoms with E-state index in [-0.39, 0.29) is 12.3 Å². The molecular weight excluding hydrogens is 709 g/mol. The second-order valence-electron chi connectivity index (χ2n) is 14.8. The molecule has 6 nitrogen and oxygen atoms in total. The van der Waals surface area contributed by atoms with E-state index in [1.165, 1.54) is 21.5 Å². The number of aliphatic imine (C=N–C) groups is 1. The van der Waals surface area contributed by atoms with Crippen LogP contribution in [0.4, 0.5) is 0 Å². The van der Waals surface area contributed by atoms with E-state index in [9.17, 15) is 5.26 Å². The van der Waals surface area contributed by atoms with Crippen LogP contribution in [-0.4, -0.2) is 15.0 Å². The standard InChI is InChI=1S/C52H36N6/c53-33-34-14-13-19-37(30-34)38-26-28-42-40-20-7-10-23-45(40)57(48(42)31-38)39-27-29-43-41-21-8-11-24-46(41)58(49(43)32-39)47-25-12-9-22-44(47)52-55-50(35-15-3-1-4-16-35)54-51(56-52)36-17-5-2-6-18-36/h1-32,50,52,55H,(H,54,56). The van der Waals surface area contributed by atoms with Crippen LogP contribution in [0.25, 0.3) is 66.1 Å². The Labute approximate surface area is 335 Å². The number of nitrogens with one attached hydrogen (secondary N) is 2. The summed E-state index contributed by atoms with van der Waals surface area (Å²) in [5, 5.41) is 21.9. The predicted octanol–water partition coefficient (Wildman–Crippen LogP) is 11.8. The third kappa shape index (κ3) is 5.56. The molecule has 2 atom stereocenters. The molecule has 2 aromatic heterocycles. The molecule has 0 radical (unpaired) electrons. The van der Waals surface area contributed by atoms with Crippen LogP contribution in [-0.2, 0) is 0 Å².